The fourth-order valence-electron chi connectivity index (χ4n) is 1.86. The molecule has 0 aliphatic rings. The second-order valence-electron chi connectivity index (χ2n) is 7.57. The third-order valence-electron chi connectivity index (χ3n) is 2.76. The van der Waals surface area contributed by atoms with Crippen molar-refractivity contribution in [1.29, 1.82) is 0 Å². The van der Waals surface area contributed by atoms with E-state index in [2.05, 4.69) is 5.32 Å². The van der Waals surface area contributed by atoms with Crippen LogP contribution in [0.25, 0.3) is 0 Å². The molecule has 0 aromatic heterocycles. The average Bonchev–Trinajstić information content (AvgIpc) is 2.45. The van der Waals surface area contributed by atoms with Crippen LogP contribution in [0.15, 0.2) is 24.3 Å². The van der Waals surface area contributed by atoms with Gasteiger partial charge in [-0.15, -0.1) is 0 Å². The van der Waals surface area contributed by atoms with Crippen molar-refractivity contribution in [3.63, 3.8) is 0 Å². The minimum atomic E-state index is -0.916. The minimum Gasteiger partial charge on any atom is -0.443 e. The number of carbonyl (C=O) groups excluding carboxylic acids is 3. The molecule has 0 aliphatic carbocycles. The summed E-state index contributed by atoms with van der Waals surface area (Å²) in [6.07, 6.45) is -1.83. The van der Waals surface area contributed by atoms with Gasteiger partial charge in [0.25, 0.3) is 0 Å². The van der Waals surface area contributed by atoms with Gasteiger partial charge in [-0.3, -0.25) is 4.79 Å². The second-order valence-corrected chi connectivity index (χ2v) is 7.57. The molecule has 0 saturated carbocycles. The molecule has 0 radical (unpaired) electrons. The molecule has 0 aliphatic heterocycles. The van der Waals surface area contributed by atoms with E-state index in [0.717, 1.165) is 4.90 Å². The van der Waals surface area contributed by atoms with E-state index in [1.165, 1.54) is 6.07 Å². The molecule has 26 heavy (non-hydrogen) atoms. The summed E-state index contributed by atoms with van der Waals surface area (Å²) in [5.74, 6) is -0.467. The molecule has 3 N–H and O–H groups in total. The number of anilines is 2. The standard InChI is InChI=1S/C18H27N3O5/c1-17(2,3)25-15(23)21(16(24)26-18(4,5)6)13-10-8-7-9-12(13)20-14(22)11-19/h7-10H,11,19H2,1-6H3,(H,20,22). The van der Waals surface area contributed by atoms with Gasteiger partial charge in [-0.2, -0.15) is 4.90 Å². The summed E-state index contributed by atoms with van der Waals surface area (Å²) in [6.45, 7) is 9.84. The topological polar surface area (TPSA) is 111 Å². The molecule has 1 aromatic rings. The number of benzene rings is 1. The van der Waals surface area contributed by atoms with Crippen LogP contribution in [0, 0.1) is 0 Å². The summed E-state index contributed by atoms with van der Waals surface area (Å²) in [7, 11) is 0. The normalized spacial score (nSPS) is 11.5. The molecule has 0 unspecified atom stereocenters. The zero-order valence-electron chi connectivity index (χ0n) is 16.1. The smallest absolute Gasteiger partial charge is 0.424 e. The Bertz CT molecular complexity index is 646. The van der Waals surface area contributed by atoms with Crippen molar-refractivity contribution in [3.05, 3.63) is 24.3 Å². The maximum Gasteiger partial charge on any atom is 0.424 e. The first kappa shape index (κ1) is 21.4. The minimum absolute atomic E-state index is 0.123. The van der Waals surface area contributed by atoms with E-state index in [0.29, 0.717) is 0 Å². The number of rotatable bonds is 3. The summed E-state index contributed by atoms with van der Waals surface area (Å²) in [6, 6.07) is 6.32. The van der Waals surface area contributed by atoms with E-state index in [4.69, 9.17) is 15.2 Å². The zero-order valence-corrected chi connectivity index (χ0v) is 16.1. The monoisotopic (exact) mass is 365 g/mol. The van der Waals surface area contributed by atoms with Crippen molar-refractivity contribution < 1.29 is 23.9 Å². The van der Waals surface area contributed by atoms with Crippen LogP contribution in [0.4, 0.5) is 21.0 Å². The molecule has 1 rings (SSSR count). The van der Waals surface area contributed by atoms with Gasteiger partial charge in [0.2, 0.25) is 5.91 Å². The van der Waals surface area contributed by atoms with Gasteiger partial charge in [-0.1, -0.05) is 12.1 Å². The largest absolute Gasteiger partial charge is 0.443 e. The number of nitrogens with two attached hydrogens (primary N) is 1. The van der Waals surface area contributed by atoms with Gasteiger partial charge < -0.3 is 20.5 Å². The Kier molecular flexibility index (Phi) is 6.74. The van der Waals surface area contributed by atoms with E-state index in [-0.39, 0.29) is 17.9 Å². The third kappa shape index (κ3) is 6.72. The van der Waals surface area contributed by atoms with Crippen molar-refractivity contribution in [2.75, 3.05) is 16.8 Å². The van der Waals surface area contributed by atoms with Gasteiger partial charge in [-0.25, -0.2) is 9.59 Å². The number of nitrogens with zero attached hydrogens (tertiary/aromatic N) is 1. The Morgan fingerprint density at radius 3 is 1.85 bits per heavy atom. The highest BCUT2D eigenvalue weighted by Gasteiger charge is 2.34. The van der Waals surface area contributed by atoms with Crippen molar-refractivity contribution in [2.24, 2.45) is 5.73 Å². The van der Waals surface area contributed by atoms with Gasteiger partial charge >= 0.3 is 12.2 Å². The maximum atomic E-state index is 12.7. The molecule has 1 aromatic carbocycles. The van der Waals surface area contributed by atoms with Crippen LogP contribution >= 0.6 is 0 Å². The Hall–Kier alpha value is -2.61. The Balaban J connectivity index is 3.34. The van der Waals surface area contributed by atoms with Crippen LogP contribution in [-0.2, 0) is 14.3 Å². The molecule has 144 valence electrons. The quantitative estimate of drug-likeness (QED) is 0.850. The van der Waals surface area contributed by atoms with Crippen LogP contribution < -0.4 is 16.0 Å². The van der Waals surface area contributed by atoms with Gasteiger partial charge in [0.1, 0.15) is 11.2 Å². The first-order chi connectivity index (χ1) is 11.8. The van der Waals surface area contributed by atoms with Gasteiger partial charge in [0.05, 0.1) is 17.9 Å². The highest BCUT2D eigenvalue weighted by Crippen LogP contribution is 2.29. The molecule has 8 nitrogen and oxygen atoms in total. The van der Waals surface area contributed by atoms with E-state index in [1.807, 2.05) is 0 Å². The summed E-state index contributed by atoms with van der Waals surface area (Å²) >= 11 is 0. The van der Waals surface area contributed by atoms with Crippen LogP contribution in [-0.4, -0.2) is 35.8 Å². The van der Waals surface area contributed by atoms with E-state index >= 15 is 0 Å². The number of ether oxygens (including phenoxy) is 2. The average molecular weight is 365 g/mol. The molecule has 3 amide bonds. The molecular formula is C18H27N3O5. The lowest BCUT2D eigenvalue weighted by atomic mass is 10.2. The van der Waals surface area contributed by atoms with E-state index in [9.17, 15) is 14.4 Å². The molecular weight excluding hydrogens is 338 g/mol. The number of para-hydroxylation sites is 2. The van der Waals surface area contributed by atoms with Crippen molar-refractivity contribution >= 4 is 29.5 Å². The fourth-order valence-corrected chi connectivity index (χ4v) is 1.86. The summed E-state index contributed by atoms with van der Waals surface area (Å²) in [4.78, 5) is 37.7. The number of carbonyl (C=O) groups is 3. The highest BCUT2D eigenvalue weighted by molar-refractivity contribution is 6.13. The van der Waals surface area contributed by atoms with Gasteiger partial charge in [-0.05, 0) is 53.7 Å². The second kappa shape index (κ2) is 8.18. The summed E-state index contributed by atoms with van der Waals surface area (Å²) in [5, 5.41) is 2.55. The van der Waals surface area contributed by atoms with Crippen molar-refractivity contribution in [3.8, 4) is 0 Å². The number of imide groups is 1. The molecule has 8 heteroatoms. The Morgan fingerprint density at radius 1 is 0.962 bits per heavy atom. The first-order valence-electron chi connectivity index (χ1n) is 8.19. The predicted molar refractivity (Wildman–Crippen MR) is 99.1 cm³/mol. The van der Waals surface area contributed by atoms with E-state index in [1.54, 1.807) is 59.7 Å². The molecule has 0 bridgehead atoms. The summed E-state index contributed by atoms with van der Waals surface area (Å²) in [5.41, 5.74) is 4.03. The molecule has 0 heterocycles. The van der Waals surface area contributed by atoms with Gasteiger partial charge in [0, 0.05) is 0 Å². The van der Waals surface area contributed by atoms with Crippen molar-refractivity contribution in [1.82, 2.24) is 0 Å². The fraction of sp³-hybridized carbons (Fsp3) is 0.500. The lowest BCUT2D eigenvalue weighted by Gasteiger charge is -2.29. The van der Waals surface area contributed by atoms with Crippen molar-refractivity contribution in [2.45, 2.75) is 52.7 Å². The number of nitrogens with one attached hydrogen (secondary N) is 1. The van der Waals surface area contributed by atoms with Crippen LogP contribution in [0.5, 0.6) is 0 Å². The highest BCUT2D eigenvalue weighted by atomic mass is 16.6. The molecule has 0 spiro atoms. The lowest BCUT2D eigenvalue weighted by molar-refractivity contribution is -0.114. The number of amides is 3. The lowest BCUT2D eigenvalue weighted by Crippen LogP contribution is -2.44. The number of hydrogen-bond donors (Lipinski definition) is 2. The molecule has 0 atom stereocenters. The maximum absolute atomic E-state index is 12.7. The first-order valence-corrected chi connectivity index (χ1v) is 8.19. The van der Waals surface area contributed by atoms with Crippen LogP contribution in [0.2, 0.25) is 0 Å². The predicted octanol–water partition coefficient (Wildman–Crippen LogP) is 3.26. The van der Waals surface area contributed by atoms with Crippen LogP contribution in [0.3, 0.4) is 0 Å². The molecule has 0 fully saturated rings. The number of hydrogen-bond acceptors (Lipinski definition) is 6. The van der Waals surface area contributed by atoms with E-state index < -0.39 is 29.3 Å². The Labute approximate surface area is 153 Å². The van der Waals surface area contributed by atoms with Gasteiger partial charge in [0.15, 0.2) is 0 Å². The Morgan fingerprint density at radius 2 is 1.42 bits per heavy atom. The zero-order chi connectivity index (χ0) is 20.1. The summed E-state index contributed by atoms with van der Waals surface area (Å²) < 4.78 is 10.6. The SMILES string of the molecule is CC(C)(C)OC(=O)N(C(=O)OC(C)(C)C)c1ccccc1NC(=O)CN. The van der Waals surface area contributed by atoms with Crippen LogP contribution in [0.1, 0.15) is 41.5 Å². The molecule has 0 saturated heterocycles. The third-order valence-corrected chi connectivity index (χ3v) is 2.76.